The zero-order chi connectivity index (χ0) is 19.9. The lowest BCUT2D eigenvalue weighted by molar-refractivity contribution is -0.185. The molecular formula is C25H37ClO2. The zero-order valence-electron chi connectivity index (χ0n) is 17.9. The van der Waals surface area contributed by atoms with E-state index in [0.29, 0.717) is 34.4 Å². The molecule has 156 valence electrons. The van der Waals surface area contributed by atoms with E-state index in [4.69, 9.17) is 11.6 Å². The van der Waals surface area contributed by atoms with Crippen molar-refractivity contribution in [2.75, 3.05) is 0 Å². The third-order valence-electron chi connectivity index (χ3n) is 11.3. The first kappa shape index (κ1) is 19.6. The predicted molar refractivity (Wildman–Crippen MR) is 112 cm³/mol. The van der Waals surface area contributed by atoms with Gasteiger partial charge >= 0.3 is 0 Å². The molecule has 9 atom stereocenters. The molecule has 5 rings (SSSR count). The summed E-state index contributed by atoms with van der Waals surface area (Å²) in [5, 5.41) is -0.0315. The highest BCUT2D eigenvalue weighted by molar-refractivity contribution is 6.64. The molecule has 5 aliphatic carbocycles. The molecule has 5 fully saturated rings. The summed E-state index contributed by atoms with van der Waals surface area (Å²) in [6.45, 7) is 7.34. The Morgan fingerprint density at radius 3 is 2.36 bits per heavy atom. The highest BCUT2D eigenvalue weighted by Crippen LogP contribution is 2.71. The molecule has 0 bridgehead atoms. The first-order valence-corrected chi connectivity index (χ1v) is 12.3. The van der Waals surface area contributed by atoms with E-state index in [0.717, 1.165) is 37.5 Å². The standard InChI is InChI=1S/C25H37ClO2/c1-15-17-8-12-24(3)18-9-14-25(22(26)28)11-4-5-19(25)16(18)6-7-21(24)23(17,2)13-10-20(15)27/h15-19,21H,4-14H2,1-3H3. The van der Waals surface area contributed by atoms with Crippen LogP contribution in [0.2, 0.25) is 0 Å². The number of carbonyl (C=O) groups is 2. The second-order valence-corrected chi connectivity index (χ2v) is 12.1. The van der Waals surface area contributed by atoms with Gasteiger partial charge in [-0.3, -0.25) is 9.59 Å². The molecule has 0 saturated heterocycles. The normalized spacial score (nSPS) is 55.6. The molecule has 5 aliphatic rings. The van der Waals surface area contributed by atoms with E-state index < -0.39 is 0 Å². The van der Waals surface area contributed by atoms with E-state index in [1.54, 1.807) is 0 Å². The average Bonchev–Trinajstić information content (AvgIpc) is 3.11. The minimum atomic E-state index is -0.196. The predicted octanol–water partition coefficient (Wildman–Crippen LogP) is 6.40. The van der Waals surface area contributed by atoms with E-state index >= 15 is 0 Å². The fraction of sp³-hybridized carbons (Fsp3) is 0.920. The lowest BCUT2D eigenvalue weighted by Crippen LogP contribution is -2.61. The molecule has 0 N–H and O–H groups in total. The van der Waals surface area contributed by atoms with Gasteiger partial charge in [0.15, 0.2) is 0 Å². The number of hydrogen-bond donors (Lipinski definition) is 0. The highest BCUT2D eigenvalue weighted by Gasteiger charge is 2.65. The van der Waals surface area contributed by atoms with Crippen molar-refractivity contribution in [1.29, 1.82) is 0 Å². The first-order valence-electron chi connectivity index (χ1n) is 12.0. The number of fused-ring (bicyclic) bond motifs is 7. The molecule has 9 unspecified atom stereocenters. The van der Waals surface area contributed by atoms with Gasteiger partial charge in [-0.15, -0.1) is 0 Å². The lowest BCUT2D eigenvalue weighted by Gasteiger charge is -2.67. The summed E-state index contributed by atoms with van der Waals surface area (Å²) >= 11 is 6.22. The molecule has 0 aromatic carbocycles. The van der Waals surface area contributed by atoms with Crippen molar-refractivity contribution in [3.63, 3.8) is 0 Å². The van der Waals surface area contributed by atoms with Gasteiger partial charge in [-0.05, 0) is 110 Å². The molecule has 0 heterocycles. The van der Waals surface area contributed by atoms with Crippen molar-refractivity contribution in [3.05, 3.63) is 0 Å². The number of halogens is 1. The summed E-state index contributed by atoms with van der Waals surface area (Å²) in [5.74, 6) is 4.08. The summed E-state index contributed by atoms with van der Waals surface area (Å²) in [6.07, 6.45) is 12.6. The molecular weight excluding hydrogens is 368 g/mol. The van der Waals surface area contributed by atoms with Gasteiger partial charge in [0, 0.05) is 17.8 Å². The Labute approximate surface area is 175 Å². The van der Waals surface area contributed by atoms with Crippen LogP contribution in [0.5, 0.6) is 0 Å². The quantitative estimate of drug-likeness (QED) is 0.474. The monoisotopic (exact) mass is 404 g/mol. The van der Waals surface area contributed by atoms with Crippen molar-refractivity contribution in [1.82, 2.24) is 0 Å². The maximum absolute atomic E-state index is 12.5. The van der Waals surface area contributed by atoms with Crippen LogP contribution >= 0.6 is 11.6 Å². The Balaban J connectivity index is 1.48. The summed E-state index contributed by atoms with van der Waals surface area (Å²) in [6, 6.07) is 0. The van der Waals surface area contributed by atoms with E-state index in [1.807, 2.05) is 0 Å². The van der Waals surface area contributed by atoms with Crippen LogP contribution in [0, 0.1) is 51.8 Å². The van der Waals surface area contributed by atoms with Crippen molar-refractivity contribution >= 4 is 22.6 Å². The molecule has 0 aromatic rings. The van der Waals surface area contributed by atoms with Crippen molar-refractivity contribution in [2.24, 2.45) is 51.8 Å². The molecule has 0 aromatic heterocycles. The third-order valence-corrected chi connectivity index (χ3v) is 11.6. The molecule has 5 saturated carbocycles. The van der Waals surface area contributed by atoms with Crippen molar-refractivity contribution < 1.29 is 9.59 Å². The Hall–Kier alpha value is -0.370. The molecule has 0 aliphatic heterocycles. The van der Waals surface area contributed by atoms with Crippen LogP contribution in [0.15, 0.2) is 0 Å². The van der Waals surface area contributed by atoms with Gasteiger partial charge in [0.1, 0.15) is 5.78 Å². The second kappa shape index (κ2) is 6.32. The zero-order valence-corrected chi connectivity index (χ0v) is 18.7. The largest absolute Gasteiger partial charge is 0.299 e. The topological polar surface area (TPSA) is 34.1 Å². The number of hydrogen-bond acceptors (Lipinski definition) is 2. The van der Waals surface area contributed by atoms with E-state index in [1.165, 1.54) is 44.9 Å². The van der Waals surface area contributed by atoms with Gasteiger partial charge in [-0.1, -0.05) is 27.2 Å². The SMILES string of the molecule is CC1C(=O)CCC2(C)C1CCC1(C)C3CCC4(C(=O)Cl)CCCC4C3CCC21. The van der Waals surface area contributed by atoms with Gasteiger partial charge in [0.25, 0.3) is 0 Å². The Bertz CT molecular complexity index is 703. The van der Waals surface area contributed by atoms with E-state index in [2.05, 4.69) is 20.8 Å². The first-order chi connectivity index (χ1) is 13.2. The number of ketones is 1. The highest BCUT2D eigenvalue weighted by atomic mass is 35.5. The van der Waals surface area contributed by atoms with Gasteiger partial charge in [-0.25, -0.2) is 0 Å². The lowest BCUT2D eigenvalue weighted by atomic mass is 9.38. The van der Waals surface area contributed by atoms with E-state index in [9.17, 15) is 9.59 Å². The molecule has 0 amide bonds. The van der Waals surface area contributed by atoms with Crippen molar-refractivity contribution in [3.8, 4) is 0 Å². The summed E-state index contributed by atoms with van der Waals surface area (Å²) in [4.78, 5) is 24.9. The molecule has 28 heavy (non-hydrogen) atoms. The fourth-order valence-electron chi connectivity index (χ4n) is 9.97. The number of carbonyl (C=O) groups excluding carboxylic acids is 2. The van der Waals surface area contributed by atoms with E-state index in [-0.39, 0.29) is 16.6 Å². The summed E-state index contributed by atoms with van der Waals surface area (Å²) in [5.41, 5.74) is 0.523. The Morgan fingerprint density at radius 1 is 0.893 bits per heavy atom. The minimum absolute atomic E-state index is 0.0315. The maximum Gasteiger partial charge on any atom is 0.228 e. The van der Waals surface area contributed by atoms with Crippen LogP contribution in [-0.2, 0) is 9.59 Å². The van der Waals surface area contributed by atoms with Gasteiger partial charge < -0.3 is 0 Å². The van der Waals surface area contributed by atoms with Crippen LogP contribution in [0.4, 0.5) is 0 Å². The van der Waals surface area contributed by atoms with Crippen LogP contribution in [0.3, 0.4) is 0 Å². The molecule has 3 heteroatoms. The van der Waals surface area contributed by atoms with Crippen LogP contribution < -0.4 is 0 Å². The minimum Gasteiger partial charge on any atom is -0.299 e. The number of rotatable bonds is 1. The van der Waals surface area contributed by atoms with Gasteiger partial charge in [0.2, 0.25) is 5.24 Å². The van der Waals surface area contributed by atoms with Crippen molar-refractivity contribution in [2.45, 2.75) is 91.4 Å². The molecule has 0 spiro atoms. The molecule has 2 nitrogen and oxygen atoms in total. The Morgan fingerprint density at radius 2 is 1.61 bits per heavy atom. The average molecular weight is 405 g/mol. The van der Waals surface area contributed by atoms with Gasteiger partial charge in [0.05, 0.1) is 0 Å². The van der Waals surface area contributed by atoms with Crippen LogP contribution in [0.25, 0.3) is 0 Å². The Kier molecular flexibility index (Phi) is 4.42. The number of Topliss-reactive ketones (excluding diaryl/α,β-unsaturated/α-hetero) is 1. The molecule has 0 radical (unpaired) electrons. The third kappa shape index (κ3) is 2.33. The smallest absolute Gasteiger partial charge is 0.228 e. The maximum atomic E-state index is 12.5. The van der Waals surface area contributed by atoms with Crippen LogP contribution in [0.1, 0.15) is 91.4 Å². The van der Waals surface area contributed by atoms with Crippen LogP contribution in [-0.4, -0.2) is 11.0 Å². The second-order valence-electron chi connectivity index (χ2n) is 11.8. The summed E-state index contributed by atoms with van der Waals surface area (Å²) < 4.78 is 0. The fourth-order valence-corrected chi connectivity index (χ4v) is 10.3. The van der Waals surface area contributed by atoms with Gasteiger partial charge in [-0.2, -0.15) is 0 Å². The summed E-state index contributed by atoms with van der Waals surface area (Å²) in [7, 11) is 0.